The third-order valence-electron chi connectivity index (χ3n) is 10.6. The van der Waals surface area contributed by atoms with Gasteiger partial charge in [-0.25, -0.2) is 14.2 Å². The topological polar surface area (TPSA) is 149 Å². The molecule has 1 unspecified atom stereocenters. The van der Waals surface area contributed by atoms with Crippen LogP contribution in [0.25, 0.3) is 22.3 Å². The van der Waals surface area contributed by atoms with E-state index in [0.717, 1.165) is 53.7 Å². The zero-order chi connectivity index (χ0) is 35.5. The number of methoxy groups -OCH3 is 1. The minimum Gasteiger partial charge on any atom is -0.494 e. The van der Waals surface area contributed by atoms with E-state index in [1.807, 2.05) is 24.3 Å². The number of benzene rings is 2. The normalized spacial score (nSPS) is 20.1. The van der Waals surface area contributed by atoms with Crippen molar-refractivity contribution < 1.29 is 33.0 Å². The molecule has 0 aliphatic carbocycles. The molecule has 1 fully saturated rings. The molecular formula is C37H42FN6O6+. The fraction of sp³-hybridized carbons (Fsp3) is 0.405. The van der Waals surface area contributed by atoms with Crippen LogP contribution in [0.4, 0.5) is 10.1 Å². The molecule has 3 aliphatic heterocycles. The van der Waals surface area contributed by atoms with E-state index < -0.39 is 23.4 Å². The fourth-order valence-corrected chi connectivity index (χ4v) is 7.42. The smallest absolute Gasteiger partial charge is 0.343 e. The molecule has 2 aromatic carbocycles. The van der Waals surface area contributed by atoms with Crippen LogP contribution in [0, 0.1) is 5.82 Å². The van der Waals surface area contributed by atoms with Gasteiger partial charge in [-0.05, 0) is 43.2 Å². The third kappa shape index (κ3) is 5.73. The van der Waals surface area contributed by atoms with Gasteiger partial charge in [0.1, 0.15) is 13.2 Å². The number of aromatic nitrogens is 2. The molecule has 4 aromatic rings. The van der Waals surface area contributed by atoms with Gasteiger partial charge in [0.05, 0.1) is 62.3 Å². The molecule has 1 amide bonds. The van der Waals surface area contributed by atoms with Crippen molar-refractivity contribution in [2.75, 3.05) is 45.7 Å². The van der Waals surface area contributed by atoms with Crippen molar-refractivity contribution in [3.63, 3.8) is 0 Å². The number of hydrogen-bond acceptors (Lipinski definition) is 9. The van der Waals surface area contributed by atoms with Gasteiger partial charge in [0.2, 0.25) is 5.91 Å². The lowest BCUT2D eigenvalue weighted by atomic mass is 9.86. The first kappa shape index (κ1) is 33.8. The molecule has 262 valence electrons. The van der Waals surface area contributed by atoms with E-state index in [1.165, 1.54) is 18.7 Å². The number of likely N-dealkylation sites (N-methyl/N-ethyl adjacent to an activating group) is 1. The van der Waals surface area contributed by atoms with Gasteiger partial charge in [0.15, 0.2) is 17.2 Å². The molecule has 50 heavy (non-hydrogen) atoms. The number of aliphatic hydroxyl groups is 1. The first-order valence-electron chi connectivity index (χ1n) is 16.9. The number of amides is 1. The van der Waals surface area contributed by atoms with Gasteiger partial charge in [-0.15, -0.1) is 0 Å². The number of carbonyl (C=O) groups excluding carboxylic acids is 2. The Morgan fingerprint density at radius 1 is 1.18 bits per heavy atom. The number of cyclic esters (lactones) is 1. The van der Waals surface area contributed by atoms with Crippen molar-refractivity contribution in [1.29, 1.82) is 0 Å². The van der Waals surface area contributed by atoms with Crippen molar-refractivity contribution in [3.8, 4) is 17.1 Å². The zero-order valence-corrected chi connectivity index (χ0v) is 28.7. The summed E-state index contributed by atoms with van der Waals surface area (Å²) in [6.07, 6.45) is 0.0417. The van der Waals surface area contributed by atoms with Crippen LogP contribution in [0.2, 0.25) is 0 Å². The van der Waals surface area contributed by atoms with E-state index in [0.29, 0.717) is 29.1 Å². The summed E-state index contributed by atoms with van der Waals surface area (Å²) in [5.41, 5.74) is 8.99. The van der Waals surface area contributed by atoms with Crippen LogP contribution in [0.15, 0.2) is 47.3 Å². The summed E-state index contributed by atoms with van der Waals surface area (Å²) in [6, 6.07) is 12.0. The number of fused-ring (bicyclic) bond motifs is 5. The number of hydrogen-bond donors (Lipinski definition) is 3. The van der Waals surface area contributed by atoms with Crippen LogP contribution in [0.5, 0.6) is 5.75 Å². The molecule has 4 N–H and O–H groups in total. The number of piperazine rings is 1. The fourth-order valence-electron chi connectivity index (χ4n) is 7.42. The number of carbonyl (C=O) groups is 2. The van der Waals surface area contributed by atoms with Crippen molar-refractivity contribution in [3.05, 3.63) is 86.5 Å². The molecule has 0 saturated carbocycles. The second-order valence-corrected chi connectivity index (χ2v) is 14.0. The number of anilines is 1. The maximum atomic E-state index is 15.1. The molecule has 2 aromatic heterocycles. The maximum Gasteiger partial charge on any atom is 0.343 e. The van der Waals surface area contributed by atoms with Crippen LogP contribution in [-0.2, 0) is 46.2 Å². The van der Waals surface area contributed by atoms with E-state index in [9.17, 15) is 19.5 Å². The molecule has 3 aliphatic rings. The van der Waals surface area contributed by atoms with E-state index in [4.69, 9.17) is 20.2 Å². The largest absolute Gasteiger partial charge is 0.494 e. The molecule has 0 bridgehead atoms. The Labute approximate surface area is 288 Å². The van der Waals surface area contributed by atoms with Crippen LogP contribution in [0.3, 0.4) is 0 Å². The lowest BCUT2D eigenvalue weighted by molar-refractivity contribution is -0.926. The molecule has 7 rings (SSSR count). The minimum atomic E-state index is -1.94. The predicted octanol–water partition coefficient (Wildman–Crippen LogP) is 2.98. The number of ether oxygens (including phenoxy) is 2. The number of esters is 1. The number of pyridine rings is 2. The average molecular weight is 686 g/mol. The maximum absolute atomic E-state index is 15.1. The van der Waals surface area contributed by atoms with Gasteiger partial charge in [0, 0.05) is 53.5 Å². The standard InChI is InChI=1S/C37H41FN6O6/c1-5-37(48)28-15-31-33-26(18-43(31)35(46)27(28)20-50-36(37)47)25(24-14-32(49-4)29(38)16-30(24)41-33)17-42-10-12-44(3,13-11-42)19-22-6-8-23(9-7-22)40-34(45)21(2)39/h6-9,14-16,21,48H,5,10-13,17-20,39H2,1-4H3/p+1/t21?,37-/m0/s1. The van der Waals surface area contributed by atoms with Gasteiger partial charge < -0.3 is 34.7 Å². The Morgan fingerprint density at radius 2 is 1.90 bits per heavy atom. The van der Waals surface area contributed by atoms with Crippen molar-refractivity contribution >= 4 is 28.5 Å². The van der Waals surface area contributed by atoms with Crippen LogP contribution >= 0.6 is 0 Å². The third-order valence-corrected chi connectivity index (χ3v) is 10.6. The van der Waals surface area contributed by atoms with Crippen molar-refractivity contribution in [2.24, 2.45) is 5.73 Å². The quantitative estimate of drug-likeness (QED) is 0.166. The highest BCUT2D eigenvalue weighted by atomic mass is 19.1. The number of quaternary nitrogens is 1. The summed E-state index contributed by atoms with van der Waals surface area (Å²) < 4.78 is 28.1. The van der Waals surface area contributed by atoms with Crippen LogP contribution in [0.1, 0.15) is 48.1 Å². The second-order valence-electron chi connectivity index (χ2n) is 14.0. The van der Waals surface area contributed by atoms with Crippen molar-refractivity contribution in [1.82, 2.24) is 14.5 Å². The summed E-state index contributed by atoms with van der Waals surface area (Å²) in [5, 5.41) is 14.9. The summed E-state index contributed by atoms with van der Waals surface area (Å²) in [5.74, 6) is -1.44. The molecular weight excluding hydrogens is 643 g/mol. The second kappa shape index (κ2) is 12.6. The Hall–Kier alpha value is -4.69. The SMILES string of the molecule is CC[C@@]1(O)C(=O)OCc2c1cc1n(c2=O)Cc2c-1nc1cc(F)c(OC)cc1c2CN1CC[N+](C)(Cc2ccc(NC(=O)C(C)N)cc2)CC1. The highest BCUT2D eigenvalue weighted by Crippen LogP contribution is 2.41. The van der Waals surface area contributed by atoms with Gasteiger partial charge in [0.25, 0.3) is 5.56 Å². The number of nitrogens with zero attached hydrogens (tertiary/aromatic N) is 4. The molecule has 2 atom stereocenters. The Morgan fingerprint density at radius 3 is 2.56 bits per heavy atom. The highest BCUT2D eigenvalue weighted by molar-refractivity contribution is 5.94. The summed E-state index contributed by atoms with van der Waals surface area (Å²) in [4.78, 5) is 45.7. The summed E-state index contributed by atoms with van der Waals surface area (Å²) >= 11 is 0. The zero-order valence-electron chi connectivity index (χ0n) is 28.7. The van der Waals surface area contributed by atoms with Gasteiger partial charge in [-0.3, -0.25) is 14.5 Å². The van der Waals surface area contributed by atoms with Crippen molar-refractivity contribution in [2.45, 2.75) is 58.2 Å². The number of halogens is 1. The molecule has 0 radical (unpaired) electrons. The van der Waals surface area contributed by atoms with Gasteiger partial charge in [-0.2, -0.15) is 0 Å². The first-order chi connectivity index (χ1) is 23.8. The Kier molecular flexibility index (Phi) is 8.50. The molecule has 1 saturated heterocycles. The van der Waals surface area contributed by atoms with Crippen LogP contribution < -0.4 is 21.3 Å². The lowest BCUT2D eigenvalue weighted by Gasteiger charge is -2.42. The number of nitrogens with two attached hydrogens (primary N) is 1. The Balaban J connectivity index is 1.19. The van der Waals surface area contributed by atoms with Gasteiger partial charge >= 0.3 is 5.97 Å². The molecule has 5 heterocycles. The number of nitrogens with one attached hydrogen (secondary N) is 1. The minimum absolute atomic E-state index is 0.0417. The van der Waals surface area contributed by atoms with Crippen LogP contribution in [-0.4, -0.2) is 82.3 Å². The summed E-state index contributed by atoms with van der Waals surface area (Å²) in [6.45, 7) is 8.12. The Bertz CT molecular complexity index is 2090. The van der Waals surface area contributed by atoms with E-state index >= 15 is 4.39 Å². The average Bonchev–Trinajstić information content (AvgIpc) is 3.46. The van der Waals surface area contributed by atoms with Gasteiger partial charge in [-0.1, -0.05) is 19.1 Å². The molecule has 0 spiro atoms. The van der Waals surface area contributed by atoms with E-state index in [-0.39, 0.29) is 47.9 Å². The first-order valence-corrected chi connectivity index (χ1v) is 16.9. The molecule has 12 nitrogen and oxygen atoms in total. The number of rotatable bonds is 8. The molecule has 13 heteroatoms. The monoisotopic (exact) mass is 685 g/mol. The highest BCUT2D eigenvalue weighted by Gasteiger charge is 2.45. The van der Waals surface area contributed by atoms with E-state index in [2.05, 4.69) is 17.3 Å². The van der Waals surface area contributed by atoms with E-state index in [1.54, 1.807) is 30.5 Å². The lowest BCUT2D eigenvalue weighted by Crippen LogP contribution is -2.56. The predicted molar refractivity (Wildman–Crippen MR) is 185 cm³/mol. The summed E-state index contributed by atoms with van der Waals surface area (Å²) in [7, 11) is 3.67.